The number of anilines is 2. The fourth-order valence-corrected chi connectivity index (χ4v) is 4.27. The van der Waals surface area contributed by atoms with E-state index < -0.39 is 5.82 Å². The van der Waals surface area contributed by atoms with Crippen molar-refractivity contribution in [1.29, 1.82) is 0 Å². The number of halogens is 1. The Bertz CT molecular complexity index is 698. The lowest BCUT2D eigenvalue weighted by molar-refractivity contribution is -0.116. The minimum Gasteiger partial charge on any atom is -0.326 e. The van der Waals surface area contributed by atoms with Crippen LogP contribution in [0.3, 0.4) is 0 Å². The SMILES string of the molecule is O=C1CCc2cc(NC(=O)N3CCC34CCCCC4)c(F)cc2N1. The molecule has 2 heterocycles. The van der Waals surface area contributed by atoms with Gasteiger partial charge in [0, 0.05) is 24.2 Å². The standard InChI is InChI=1S/C18H22FN3O2/c19-13-11-14-12(4-5-16(23)20-14)10-15(13)21-17(24)22-9-8-18(22)6-2-1-3-7-18/h10-11H,1-9H2,(H,20,23)(H,21,24). The van der Waals surface area contributed by atoms with E-state index in [0.717, 1.165) is 44.2 Å². The minimum absolute atomic E-state index is 0.000984. The molecule has 128 valence electrons. The minimum atomic E-state index is -0.512. The number of nitrogens with one attached hydrogen (secondary N) is 2. The maximum Gasteiger partial charge on any atom is 0.322 e. The zero-order valence-electron chi connectivity index (χ0n) is 13.7. The van der Waals surface area contributed by atoms with Crippen LogP contribution in [0, 0.1) is 5.82 Å². The van der Waals surface area contributed by atoms with E-state index in [1.54, 1.807) is 6.07 Å². The second-order valence-corrected chi connectivity index (χ2v) is 7.15. The molecule has 1 spiro atoms. The summed E-state index contributed by atoms with van der Waals surface area (Å²) in [5.74, 6) is -0.610. The smallest absolute Gasteiger partial charge is 0.322 e. The Morgan fingerprint density at radius 1 is 1.17 bits per heavy atom. The molecule has 2 N–H and O–H groups in total. The number of fused-ring (bicyclic) bond motifs is 1. The second-order valence-electron chi connectivity index (χ2n) is 7.15. The lowest BCUT2D eigenvalue weighted by Gasteiger charge is -2.54. The van der Waals surface area contributed by atoms with Gasteiger partial charge in [0.25, 0.3) is 0 Å². The third-order valence-electron chi connectivity index (χ3n) is 5.73. The molecular formula is C18H22FN3O2. The van der Waals surface area contributed by atoms with E-state index in [2.05, 4.69) is 10.6 Å². The fraction of sp³-hybridized carbons (Fsp3) is 0.556. The van der Waals surface area contributed by atoms with E-state index in [-0.39, 0.29) is 23.2 Å². The van der Waals surface area contributed by atoms with E-state index in [4.69, 9.17) is 0 Å². The molecule has 2 aliphatic heterocycles. The molecule has 0 radical (unpaired) electrons. The Kier molecular flexibility index (Phi) is 3.70. The van der Waals surface area contributed by atoms with Crippen LogP contribution in [-0.4, -0.2) is 28.9 Å². The van der Waals surface area contributed by atoms with Crippen molar-refractivity contribution >= 4 is 23.3 Å². The fourth-order valence-electron chi connectivity index (χ4n) is 4.27. The van der Waals surface area contributed by atoms with E-state index in [1.165, 1.54) is 12.5 Å². The molecule has 3 aliphatic rings. The maximum atomic E-state index is 14.3. The molecule has 0 atom stereocenters. The van der Waals surface area contributed by atoms with Gasteiger partial charge in [-0.25, -0.2) is 9.18 Å². The summed E-state index contributed by atoms with van der Waals surface area (Å²) in [5, 5.41) is 5.42. The highest BCUT2D eigenvalue weighted by atomic mass is 19.1. The van der Waals surface area contributed by atoms with Crippen LogP contribution in [0.4, 0.5) is 20.6 Å². The quantitative estimate of drug-likeness (QED) is 0.825. The number of carbonyl (C=O) groups is 2. The first-order chi connectivity index (χ1) is 11.6. The number of hydrogen-bond donors (Lipinski definition) is 2. The Hall–Kier alpha value is -2.11. The Labute approximate surface area is 140 Å². The number of hydrogen-bond acceptors (Lipinski definition) is 2. The van der Waals surface area contributed by atoms with E-state index in [9.17, 15) is 14.0 Å². The van der Waals surface area contributed by atoms with Gasteiger partial charge >= 0.3 is 6.03 Å². The number of urea groups is 1. The van der Waals surface area contributed by atoms with Crippen molar-refractivity contribution in [2.75, 3.05) is 17.2 Å². The third-order valence-corrected chi connectivity index (χ3v) is 5.73. The van der Waals surface area contributed by atoms with Crippen LogP contribution in [0.5, 0.6) is 0 Å². The van der Waals surface area contributed by atoms with E-state index in [0.29, 0.717) is 18.5 Å². The molecule has 4 rings (SSSR count). The Morgan fingerprint density at radius 2 is 1.96 bits per heavy atom. The van der Waals surface area contributed by atoms with Crippen molar-refractivity contribution in [3.63, 3.8) is 0 Å². The molecule has 5 nitrogen and oxygen atoms in total. The lowest BCUT2D eigenvalue weighted by atomic mass is 9.73. The summed E-state index contributed by atoms with van der Waals surface area (Å²) in [7, 11) is 0. The zero-order chi connectivity index (χ0) is 16.7. The van der Waals surface area contributed by atoms with Gasteiger partial charge in [-0.15, -0.1) is 0 Å². The number of rotatable bonds is 1. The molecule has 24 heavy (non-hydrogen) atoms. The summed E-state index contributed by atoms with van der Waals surface area (Å²) in [6.45, 7) is 0.744. The molecular weight excluding hydrogens is 309 g/mol. The average molecular weight is 331 g/mol. The number of likely N-dealkylation sites (tertiary alicyclic amines) is 1. The van der Waals surface area contributed by atoms with E-state index >= 15 is 0 Å². The third kappa shape index (κ3) is 2.54. The van der Waals surface area contributed by atoms with Gasteiger partial charge in [0.05, 0.1) is 5.69 Å². The zero-order valence-corrected chi connectivity index (χ0v) is 13.7. The highest BCUT2D eigenvalue weighted by Gasteiger charge is 2.47. The van der Waals surface area contributed by atoms with Crippen molar-refractivity contribution in [3.8, 4) is 0 Å². The molecule has 1 aromatic carbocycles. The van der Waals surface area contributed by atoms with Gasteiger partial charge in [-0.1, -0.05) is 19.3 Å². The highest BCUT2D eigenvalue weighted by Crippen LogP contribution is 2.43. The average Bonchev–Trinajstić information content (AvgIpc) is 2.55. The molecule has 1 saturated heterocycles. The van der Waals surface area contributed by atoms with Crippen LogP contribution in [0.2, 0.25) is 0 Å². The van der Waals surface area contributed by atoms with Crippen molar-refractivity contribution in [2.24, 2.45) is 0 Å². The summed E-state index contributed by atoms with van der Waals surface area (Å²) in [4.78, 5) is 25.9. The molecule has 2 fully saturated rings. The van der Waals surface area contributed by atoms with Gasteiger partial charge in [0.2, 0.25) is 5.91 Å². The summed E-state index contributed by atoms with van der Waals surface area (Å²) in [6, 6.07) is 2.74. The van der Waals surface area contributed by atoms with Crippen LogP contribution in [0.15, 0.2) is 12.1 Å². The molecule has 0 bridgehead atoms. The summed E-state index contributed by atoms with van der Waals surface area (Å²) in [6.07, 6.45) is 7.69. The molecule has 3 amide bonds. The number of benzene rings is 1. The van der Waals surface area contributed by atoms with Crippen LogP contribution in [-0.2, 0) is 11.2 Å². The summed E-state index contributed by atoms with van der Waals surface area (Å²) >= 11 is 0. The van der Waals surface area contributed by atoms with Gasteiger partial charge in [-0.3, -0.25) is 4.79 Å². The van der Waals surface area contributed by atoms with E-state index in [1.807, 2.05) is 4.90 Å². The number of nitrogens with zero attached hydrogens (tertiary/aromatic N) is 1. The first-order valence-electron chi connectivity index (χ1n) is 8.78. The Morgan fingerprint density at radius 3 is 2.67 bits per heavy atom. The Balaban J connectivity index is 1.51. The molecule has 0 aromatic heterocycles. The van der Waals surface area contributed by atoms with Crippen molar-refractivity contribution < 1.29 is 14.0 Å². The van der Waals surface area contributed by atoms with Gasteiger partial charge in [-0.2, -0.15) is 0 Å². The van der Waals surface area contributed by atoms with Crippen molar-refractivity contribution in [1.82, 2.24) is 4.90 Å². The van der Waals surface area contributed by atoms with Gasteiger partial charge < -0.3 is 15.5 Å². The number of amides is 3. The van der Waals surface area contributed by atoms with Gasteiger partial charge in [0.15, 0.2) is 0 Å². The molecule has 1 aliphatic carbocycles. The van der Waals surface area contributed by atoms with Gasteiger partial charge in [-0.05, 0) is 43.4 Å². The largest absolute Gasteiger partial charge is 0.326 e. The molecule has 1 saturated carbocycles. The molecule has 0 unspecified atom stereocenters. The first kappa shape index (κ1) is 15.4. The number of aryl methyl sites for hydroxylation is 1. The maximum absolute atomic E-state index is 14.3. The predicted octanol–water partition coefficient (Wildman–Crippen LogP) is 3.65. The van der Waals surface area contributed by atoms with Crippen molar-refractivity contribution in [2.45, 2.75) is 56.9 Å². The molecule has 1 aromatic rings. The van der Waals surface area contributed by atoms with Gasteiger partial charge in [0.1, 0.15) is 5.82 Å². The summed E-state index contributed by atoms with van der Waals surface area (Å²) in [5.41, 5.74) is 1.57. The topological polar surface area (TPSA) is 61.4 Å². The molecule has 6 heteroatoms. The first-order valence-corrected chi connectivity index (χ1v) is 8.78. The monoisotopic (exact) mass is 331 g/mol. The van der Waals surface area contributed by atoms with Crippen LogP contribution in [0.1, 0.15) is 50.5 Å². The highest BCUT2D eigenvalue weighted by molar-refractivity contribution is 5.95. The predicted molar refractivity (Wildman–Crippen MR) is 89.5 cm³/mol. The van der Waals surface area contributed by atoms with Crippen LogP contribution < -0.4 is 10.6 Å². The lowest BCUT2D eigenvalue weighted by Crippen LogP contribution is -2.63. The second kappa shape index (κ2) is 5.76. The van der Waals surface area contributed by atoms with Crippen LogP contribution >= 0.6 is 0 Å². The number of carbonyl (C=O) groups excluding carboxylic acids is 2. The van der Waals surface area contributed by atoms with Crippen molar-refractivity contribution in [3.05, 3.63) is 23.5 Å². The van der Waals surface area contributed by atoms with Crippen LogP contribution in [0.25, 0.3) is 0 Å². The normalized spacial score (nSPS) is 21.7. The summed E-state index contributed by atoms with van der Waals surface area (Å²) < 4.78 is 14.3.